The van der Waals surface area contributed by atoms with Crippen LogP contribution in [0.25, 0.3) is 0 Å². The van der Waals surface area contributed by atoms with Crippen molar-refractivity contribution in [3.63, 3.8) is 0 Å². The van der Waals surface area contributed by atoms with Crippen LogP contribution in [0.15, 0.2) is 18.2 Å². The molecule has 0 fully saturated rings. The van der Waals surface area contributed by atoms with Gasteiger partial charge in [-0.05, 0) is 11.6 Å². The largest absolute Gasteiger partial charge is 0.334 e. The highest BCUT2D eigenvalue weighted by Crippen LogP contribution is 2.19. The molecule has 1 aromatic rings. The van der Waals surface area contributed by atoms with Gasteiger partial charge in [0.2, 0.25) is 0 Å². The van der Waals surface area contributed by atoms with Gasteiger partial charge in [0.25, 0.3) is 0 Å². The summed E-state index contributed by atoms with van der Waals surface area (Å²) >= 11 is 0. The Morgan fingerprint density at radius 1 is 1.38 bits per heavy atom. The molecular weight excluding hydrogens is 168 g/mol. The lowest BCUT2D eigenvalue weighted by Gasteiger charge is -2.17. The van der Waals surface area contributed by atoms with Gasteiger partial charge in [-0.2, -0.15) is 0 Å². The van der Waals surface area contributed by atoms with Gasteiger partial charge in [-0.3, -0.25) is 4.79 Å². The number of rotatable bonds is 1. The summed E-state index contributed by atoms with van der Waals surface area (Å²) in [5.74, 6) is 0. The van der Waals surface area contributed by atoms with E-state index in [-0.39, 0.29) is 6.03 Å². The average Bonchev–Trinajstić information content (AvgIpc) is 2.16. The van der Waals surface area contributed by atoms with E-state index in [1.807, 2.05) is 6.07 Å². The van der Waals surface area contributed by atoms with Crippen LogP contribution in [0.5, 0.6) is 0 Å². The van der Waals surface area contributed by atoms with Gasteiger partial charge in [-0.15, -0.1) is 0 Å². The minimum absolute atomic E-state index is 0.226. The Morgan fingerprint density at radius 2 is 2.23 bits per heavy atom. The third-order valence-corrected chi connectivity index (χ3v) is 1.96. The molecule has 0 unspecified atom stereocenters. The Hall–Kier alpha value is -1.84. The molecule has 0 radical (unpaired) electrons. The molecule has 1 aromatic carbocycles. The van der Waals surface area contributed by atoms with Gasteiger partial charge in [-0.1, -0.05) is 12.1 Å². The van der Waals surface area contributed by atoms with Crippen LogP contribution in [0.2, 0.25) is 0 Å². The SMILES string of the molecule is O=Cc1ccc2c(c1)NC(=O)NC2. The number of benzene rings is 1. The van der Waals surface area contributed by atoms with Crippen LogP contribution in [0.3, 0.4) is 0 Å². The number of carbonyl (C=O) groups excluding carboxylic acids is 2. The minimum atomic E-state index is -0.226. The first-order valence-corrected chi connectivity index (χ1v) is 3.92. The Balaban J connectivity index is 2.43. The van der Waals surface area contributed by atoms with Gasteiger partial charge in [0.1, 0.15) is 6.29 Å². The molecule has 2 N–H and O–H groups in total. The Labute approximate surface area is 74.9 Å². The van der Waals surface area contributed by atoms with Crippen molar-refractivity contribution in [1.29, 1.82) is 0 Å². The van der Waals surface area contributed by atoms with Crippen LogP contribution in [0.1, 0.15) is 15.9 Å². The predicted molar refractivity (Wildman–Crippen MR) is 47.7 cm³/mol. The molecule has 0 aliphatic carbocycles. The van der Waals surface area contributed by atoms with Crippen LogP contribution in [0.4, 0.5) is 10.5 Å². The third-order valence-electron chi connectivity index (χ3n) is 1.96. The molecule has 2 rings (SSSR count). The first-order valence-electron chi connectivity index (χ1n) is 3.92. The fraction of sp³-hybridized carbons (Fsp3) is 0.111. The third kappa shape index (κ3) is 1.38. The Kier molecular flexibility index (Phi) is 1.73. The lowest BCUT2D eigenvalue weighted by Crippen LogP contribution is -2.33. The quantitative estimate of drug-likeness (QED) is 0.630. The number of fused-ring (bicyclic) bond motifs is 1. The smallest absolute Gasteiger partial charge is 0.319 e. The van der Waals surface area contributed by atoms with Crippen molar-refractivity contribution in [3.05, 3.63) is 29.3 Å². The number of amides is 2. The molecule has 0 spiro atoms. The second-order valence-electron chi connectivity index (χ2n) is 2.84. The molecule has 0 aromatic heterocycles. The summed E-state index contributed by atoms with van der Waals surface area (Å²) in [5.41, 5.74) is 2.28. The molecule has 13 heavy (non-hydrogen) atoms. The summed E-state index contributed by atoms with van der Waals surface area (Å²) in [6, 6.07) is 4.99. The van der Waals surface area contributed by atoms with Gasteiger partial charge in [0.15, 0.2) is 0 Å². The van der Waals surface area contributed by atoms with E-state index in [1.165, 1.54) is 0 Å². The molecular formula is C9H8N2O2. The van der Waals surface area contributed by atoms with E-state index < -0.39 is 0 Å². The minimum Gasteiger partial charge on any atom is -0.334 e. The first kappa shape index (κ1) is 7.79. The van der Waals surface area contributed by atoms with E-state index in [9.17, 15) is 9.59 Å². The molecule has 2 amide bonds. The Morgan fingerprint density at radius 3 is 3.00 bits per heavy atom. The normalized spacial score (nSPS) is 14.0. The van der Waals surface area contributed by atoms with E-state index in [1.54, 1.807) is 12.1 Å². The maximum Gasteiger partial charge on any atom is 0.319 e. The summed E-state index contributed by atoms with van der Waals surface area (Å²) in [6.07, 6.45) is 0.758. The number of nitrogens with one attached hydrogen (secondary N) is 2. The number of hydrogen-bond acceptors (Lipinski definition) is 2. The van der Waals surface area contributed by atoms with Crippen molar-refractivity contribution in [2.24, 2.45) is 0 Å². The standard InChI is InChI=1S/C9H8N2O2/c12-5-6-1-2-7-4-10-9(13)11-8(7)3-6/h1-3,5H,4H2,(H2,10,11,13). The van der Waals surface area contributed by atoms with Crippen molar-refractivity contribution in [2.75, 3.05) is 5.32 Å². The van der Waals surface area contributed by atoms with Gasteiger partial charge in [0, 0.05) is 17.8 Å². The van der Waals surface area contributed by atoms with Crippen LogP contribution in [0, 0.1) is 0 Å². The number of aldehydes is 1. The van der Waals surface area contributed by atoms with Gasteiger partial charge in [-0.25, -0.2) is 4.79 Å². The summed E-state index contributed by atoms with van der Waals surface area (Å²) in [4.78, 5) is 21.4. The maximum absolute atomic E-state index is 10.9. The van der Waals surface area contributed by atoms with E-state index in [0.29, 0.717) is 17.8 Å². The highest BCUT2D eigenvalue weighted by Gasteiger charge is 2.13. The molecule has 0 saturated carbocycles. The van der Waals surface area contributed by atoms with Crippen LogP contribution in [-0.2, 0) is 6.54 Å². The zero-order chi connectivity index (χ0) is 9.26. The van der Waals surface area contributed by atoms with E-state index in [4.69, 9.17) is 0 Å². The highest BCUT2D eigenvalue weighted by atomic mass is 16.2. The number of anilines is 1. The number of hydrogen-bond donors (Lipinski definition) is 2. The fourth-order valence-corrected chi connectivity index (χ4v) is 1.28. The van der Waals surface area contributed by atoms with Crippen molar-refractivity contribution >= 4 is 18.0 Å². The lowest BCUT2D eigenvalue weighted by atomic mass is 10.1. The topological polar surface area (TPSA) is 58.2 Å². The molecule has 1 aliphatic rings. The summed E-state index contributed by atoms with van der Waals surface area (Å²) in [6.45, 7) is 0.514. The van der Waals surface area contributed by atoms with Crippen LogP contribution < -0.4 is 10.6 Å². The summed E-state index contributed by atoms with van der Waals surface area (Å²) in [5, 5.41) is 5.26. The number of urea groups is 1. The molecule has 0 bridgehead atoms. The predicted octanol–water partition coefficient (Wildman–Crippen LogP) is 1.13. The van der Waals surface area contributed by atoms with E-state index in [2.05, 4.69) is 10.6 Å². The first-order chi connectivity index (χ1) is 6.29. The van der Waals surface area contributed by atoms with Gasteiger partial charge >= 0.3 is 6.03 Å². The zero-order valence-corrected chi connectivity index (χ0v) is 6.83. The van der Waals surface area contributed by atoms with Crippen LogP contribution >= 0.6 is 0 Å². The van der Waals surface area contributed by atoms with Gasteiger partial charge in [0.05, 0.1) is 0 Å². The molecule has 1 aliphatic heterocycles. The number of carbonyl (C=O) groups is 2. The molecule has 4 heteroatoms. The molecule has 66 valence electrons. The second-order valence-corrected chi connectivity index (χ2v) is 2.84. The molecule has 4 nitrogen and oxygen atoms in total. The van der Waals surface area contributed by atoms with E-state index in [0.717, 1.165) is 11.8 Å². The van der Waals surface area contributed by atoms with Gasteiger partial charge < -0.3 is 10.6 Å². The summed E-state index contributed by atoms with van der Waals surface area (Å²) < 4.78 is 0. The van der Waals surface area contributed by atoms with E-state index >= 15 is 0 Å². The van der Waals surface area contributed by atoms with Crippen molar-refractivity contribution in [2.45, 2.75) is 6.54 Å². The lowest BCUT2D eigenvalue weighted by molar-refractivity contribution is 0.112. The fourth-order valence-electron chi connectivity index (χ4n) is 1.28. The molecule has 1 heterocycles. The zero-order valence-electron chi connectivity index (χ0n) is 6.83. The Bertz CT molecular complexity index is 374. The molecule has 0 atom stereocenters. The van der Waals surface area contributed by atoms with Crippen molar-refractivity contribution in [3.8, 4) is 0 Å². The monoisotopic (exact) mass is 176 g/mol. The maximum atomic E-state index is 10.9. The second kappa shape index (κ2) is 2.90. The van der Waals surface area contributed by atoms with Crippen molar-refractivity contribution in [1.82, 2.24) is 5.32 Å². The highest BCUT2D eigenvalue weighted by molar-refractivity contribution is 5.93. The average molecular weight is 176 g/mol. The molecule has 0 saturated heterocycles. The summed E-state index contributed by atoms with van der Waals surface area (Å²) in [7, 11) is 0. The van der Waals surface area contributed by atoms with Crippen LogP contribution in [-0.4, -0.2) is 12.3 Å². The van der Waals surface area contributed by atoms with Crippen molar-refractivity contribution < 1.29 is 9.59 Å².